The zero-order valence-electron chi connectivity index (χ0n) is 18.4. The Morgan fingerprint density at radius 3 is 2.66 bits per heavy atom. The number of benzene rings is 2. The van der Waals surface area contributed by atoms with Crippen LogP contribution in [0.5, 0.6) is 11.5 Å². The number of carbonyl (C=O) groups is 1. The van der Waals surface area contributed by atoms with Crippen molar-refractivity contribution in [2.75, 3.05) is 20.8 Å². The Morgan fingerprint density at radius 2 is 1.94 bits per heavy atom. The van der Waals surface area contributed by atoms with E-state index in [1.807, 2.05) is 24.3 Å². The average Bonchev–Trinajstić information content (AvgIpc) is 3.41. The second kappa shape index (κ2) is 8.39. The fraction of sp³-hybridized carbons (Fsp3) is 0.250. The molecule has 8 heteroatoms. The number of amides is 1. The molecule has 0 saturated heterocycles. The lowest BCUT2D eigenvalue weighted by Gasteiger charge is -2.21. The van der Waals surface area contributed by atoms with Gasteiger partial charge in [0.25, 0.3) is 5.91 Å². The zero-order chi connectivity index (χ0) is 22.9. The first kappa shape index (κ1) is 21.5. The van der Waals surface area contributed by atoms with Crippen LogP contribution in [0.4, 0.5) is 0 Å². The highest BCUT2D eigenvalue weighted by Crippen LogP contribution is 2.33. The van der Waals surface area contributed by atoms with Crippen LogP contribution in [0.15, 0.2) is 59.0 Å². The van der Waals surface area contributed by atoms with Gasteiger partial charge in [0.15, 0.2) is 0 Å². The second-order valence-electron chi connectivity index (χ2n) is 7.71. The van der Waals surface area contributed by atoms with Crippen LogP contribution in [0.3, 0.4) is 0 Å². The van der Waals surface area contributed by atoms with Crippen molar-refractivity contribution < 1.29 is 23.8 Å². The molecule has 1 amide bonds. The fourth-order valence-corrected chi connectivity index (χ4v) is 3.50. The smallest absolute Gasteiger partial charge is 0.269 e. The van der Waals surface area contributed by atoms with E-state index in [0.717, 1.165) is 5.39 Å². The minimum absolute atomic E-state index is 0.0331. The number of hydrogen-bond donors (Lipinski definition) is 2. The summed E-state index contributed by atoms with van der Waals surface area (Å²) in [5.74, 6) is 1.28. The van der Waals surface area contributed by atoms with E-state index in [1.165, 1.54) is 4.68 Å². The number of aliphatic hydroxyl groups is 1. The van der Waals surface area contributed by atoms with E-state index in [4.69, 9.17) is 13.9 Å². The maximum absolute atomic E-state index is 12.9. The Balaban J connectivity index is 1.54. The van der Waals surface area contributed by atoms with E-state index in [2.05, 4.69) is 10.4 Å². The molecule has 32 heavy (non-hydrogen) atoms. The van der Waals surface area contributed by atoms with Gasteiger partial charge < -0.3 is 24.3 Å². The molecule has 0 aliphatic rings. The highest BCUT2D eigenvalue weighted by molar-refractivity contribution is 5.94. The summed E-state index contributed by atoms with van der Waals surface area (Å²) in [5.41, 5.74) is 0.905. The summed E-state index contributed by atoms with van der Waals surface area (Å²) in [6.07, 6.45) is 0. The molecule has 8 nitrogen and oxygen atoms in total. The minimum atomic E-state index is -1.38. The number of furan rings is 1. The number of methoxy groups -OCH3 is 2. The van der Waals surface area contributed by atoms with Crippen molar-refractivity contribution in [1.82, 2.24) is 15.1 Å². The second-order valence-corrected chi connectivity index (χ2v) is 7.71. The van der Waals surface area contributed by atoms with Crippen LogP contribution < -0.4 is 14.8 Å². The summed E-state index contributed by atoms with van der Waals surface area (Å²) in [5, 5.41) is 19.0. The average molecular weight is 435 g/mol. The molecule has 0 bridgehead atoms. The molecular weight excluding hydrogens is 410 g/mol. The van der Waals surface area contributed by atoms with Gasteiger partial charge in [-0.1, -0.05) is 18.2 Å². The lowest BCUT2D eigenvalue weighted by Crippen LogP contribution is -2.39. The molecule has 0 unspecified atom stereocenters. The highest BCUT2D eigenvalue weighted by atomic mass is 16.5. The first-order chi connectivity index (χ1) is 15.3. The van der Waals surface area contributed by atoms with Gasteiger partial charge >= 0.3 is 0 Å². The van der Waals surface area contributed by atoms with Crippen molar-refractivity contribution >= 4 is 16.9 Å². The van der Waals surface area contributed by atoms with Gasteiger partial charge in [-0.05, 0) is 43.3 Å². The van der Waals surface area contributed by atoms with Gasteiger partial charge in [0, 0.05) is 18.0 Å². The van der Waals surface area contributed by atoms with Gasteiger partial charge in [0.2, 0.25) is 0 Å². The molecule has 1 atom stereocenters. The third-order valence-corrected chi connectivity index (χ3v) is 5.34. The van der Waals surface area contributed by atoms with E-state index in [9.17, 15) is 9.90 Å². The van der Waals surface area contributed by atoms with E-state index in [-0.39, 0.29) is 12.5 Å². The molecule has 0 aliphatic carbocycles. The summed E-state index contributed by atoms with van der Waals surface area (Å²) >= 11 is 0. The fourth-order valence-electron chi connectivity index (χ4n) is 3.50. The van der Waals surface area contributed by atoms with Crippen LogP contribution in [0.1, 0.15) is 23.2 Å². The lowest BCUT2D eigenvalue weighted by molar-refractivity contribution is 0.0343. The standard InChI is InChI=1S/C24H25N3O5/c1-24(29,22-11-15-7-5-6-8-20(15)32-22)14-25-23(28)19-13-18(26-27(19)2)17-12-16(30-3)9-10-21(17)31-4/h5-13,29H,14H2,1-4H3,(H,25,28)/t24-/m0/s1. The molecule has 2 aromatic heterocycles. The van der Waals surface area contributed by atoms with Gasteiger partial charge in [-0.3, -0.25) is 9.48 Å². The van der Waals surface area contributed by atoms with E-state index in [0.29, 0.717) is 39.8 Å². The van der Waals surface area contributed by atoms with Crippen LogP contribution in [0.25, 0.3) is 22.2 Å². The number of hydrogen-bond acceptors (Lipinski definition) is 6. The van der Waals surface area contributed by atoms with Gasteiger partial charge in [-0.15, -0.1) is 0 Å². The van der Waals surface area contributed by atoms with E-state index in [1.54, 1.807) is 58.5 Å². The number of para-hydroxylation sites is 1. The van der Waals surface area contributed by atoms with E-state index >= 15 is 0 Å². The number of rotatable bonds is 7. The molecule has 0 spiro atoms. The van der Waals surface area contributed by atoms with E-state index < -0.39 is 5.60 Å². The SMILES string of the molecule is COc1ccc(OC)c(-c2cc(C(=O)NC[C@](C)(O)c3cc4ccccc4o3)n(C)n2)c1. The van der Waals surface area contributed by atoms with Crippen LogP contribution in [0, 0.1) is 0 Å². The predicted octanol–water partition coefficient (Wildman–Crippen LogP) is 3.49. The molecule has 2 heterocycles. The normalized spacial score (nSPS) is 13.0. The number of nitrogens with zero attached hydrogens (tertiary/aromatic N) is 2. The first-order valence-corrected chi connectivity index (χ1v) is 10.1. The van der Waals surface area contributed by atoms with Crippen LogP contribution in [-0.2, 0) is 12.6 Å². The highest BCUT2D eigenvalue weighted by Gasteiger charge is 2.29. The molecule has 2 N–H and O–H groups in total. The predicted molar refractivity (Wildman–Crippen MR) is 120 cm³/mol. The molecule has 0 saturated carbocycles. The molecule has 4 rings (SSSR count). The Hall–Kier alpha value is -3.78. The lowest BCUT2D eigenvalue weighted by atomic mass is 10.0. The molecule has 0 aliphatic heterocycles. The maximum Gasteiger partial charge on any atom is 0.269 e. The largest absolute Gasteiger partial charge is 0.497 e. The van der Waals surface area contributed by atoms with Crippen LogP contribution in [-0.4, -0.2) is 41.6 Å². The Labute approximate surface area is 185 Å². The third-order valence-electron chi connectivity index (χ3n) is 5.34. The number of nitrogens with one attached hydrogen (secondary N) is 1. The Kier molecular flexibility index (Phi) is 5.63. The number of carbonyl (C=O) groups excluding carboxylic acids is 1. The quantitative estimate of drug-likeness (QED) is 0.461. The topological polar surface area (TPSA) is 98.8 Å². The maximum atomic E-state index is 12.9. The summed E-state index contributed by atoms with van der Waals surface area (Å²) in [6, 6.07) is 16.3. The van der Waals surface area contributed by atoms with Crippen LogP contribution in [0.2, 0.25) is 0 Å². The number of fused-ring (bicyclic) bond motifs is 1. The third kappa shape index (κ3) is 4.04. The van der Waals surface area contributed by atoms with Gasteiger partial charge in [-0.25, -0.2) is 0 Å². The van der Waals surface area contributed by atoms with Crippen molar-refractivity contribution in [2.24, 2.45) is 7.05 Å². The van der Waals surface area contributed by atoms with Crippen molar-refractivity contribution in [3.63, 3.8) is 0 Å². The van der Waals surface area contributed by atoms with Gasteiger partial charge in [-0.2, -0.15) is 5.10 Å². The molecule has 0 fully saturated rings. The van der Waals surface area contributed by atoms with Gasteiger partial charge in [0.05, 0.1) is 26.5 Å². The molecule has 0 radical (unpaired) electrons. The summed E-state index contributed by atoms with van der Waals surface area (Å²) in [6.45, 7) is 1.56. The zero-order valence-corrected chi connectivity index (χ0v) is 18.4. The van der Waals surface area contributed by atoms with Crippen molar-refractivity contribution in [3.05, 3.63) is 66.1 Å². The Bertz CT molecular complexity index is 1240. The van der Waals surface area contributed by atoms with Crippen LogP contribution >= 0.6 is 0 Å². The number of aryl methyl sites for hydroxylation is 1. The molecule has 166 valence electrons. The summed E-state index contributed by atoms with van der Waals surface area (Å²) in [4.78, 5) is 12.9. The van der Waals surface area contributed by atoms with Crippen molar-refractivity contribution in [3.8, 4) is 22.8 Å². The summed E-state index contributed by atoms with van der Waals surface area (Å²) < 4.78 is 18.0. The number of aromatic nitrogens is 2. The molecule has 4 aromatic rings. The minimum Gasteiger partial charge on any atom is -0.497 e. The molecular formula is C24H25N3O5. The monoisotopic (exact) mass is 435 g/mol. The van der Waals surface area contributed by atoms with Crippen molar-refractivity contribution in [1.29, 1.82) is 0 Å². The first-order valence-electron chi connectivity index (χ1n) is 10.1. The van der Waals surface area contributed by atoms with Crippen molar-refractivity contribution in [2.45, 2.75) is 12.5 Å². The Morgan fingerprint density at radius 1 is 1.16 bits per heavy atom. The van der Waals surface area contributed by atoms with Gasteiger partial charge in [0.1, 0.15) is 34.1 Å². The molecule has 2 aromatic carbocycles. The number of ether oxygens (including phenoxy) is 2. The summed E-state index contributed by atoms with van der Waals surface area (Å²) in [7, 11) is 4.83.